The fraction of sp³-hybridized carbons (Fsp3) is 0.393. The van der Waals surface area contributed by atoms with Crippen molar-refractivity contribution in [2.24, 2.45) is 5.73 Å². The molecule has 0 radical (unpaired) electrons. The van der Waals surface area contributed by atoms with Crippen molar-refractivity contribution in [1.82, 2.24) is 19.6 Å². The normalized spacial score (nSPS) is 16.2. The maximum Gasteiger partial charge on any atom is 0.230 e. The van der Waals surface area contributed by atoms with Crippen LogP contribution >= 0.6 is 0 Å². The number of aromatic nitrogens is 4. The van der Waals surface area contributed by atoms with Gasteiger partial charge in [-0.15, -0.1) is 0 Å². The molecule has 2 aromatic heterocycles. The molecule has 2 aromatic carbocycles. The zero-order valence-electron chi connectivity index (χ0n) is 21.1. The molecule has 2 aliphatic rings. The third-order valence-electron chi connectivity index (χ3n) is 7.44. The molecule has 0 atom stereocenters. The third-order valence-corrected chi connectivity index (χ3v) is 7.44. The van der Waals surface area contributed by atoms with Crippen LogP contribution in [0, 0.1) is 0 Å². The van der Waals surface area contributed by atoms with E-state index >= 15 is 0 Å². The number of rotatable bonds is 6. The summed E-state index contributed by atoms with van der Waals surface area (Å²) in [7, 11) is 0. The van der Waals surface area contributed by atoms with Gasteiger partial charge < -0.3 is 20.9 Å². The van der Waals surface area contributed by atoms with E-state index in [9.17, 15) is 0 Å². The van der Waals surface area contributed by atoms with Gasteiger partial charge in [0.15, 0.2) is 5.65 Å². The Morgan fingerprint density at radius 3 is 2.36 bits per heavy atom. The molecule has 0 bridgehead atoms. The highest BCUT2D eigenvalue weighted by Gasteiger charge is 2.23. The lowest BCUT2D eigenvalue weighted by Crippen LogP contribution is -2.40. The number of para-hydroxylation sites is 1. The van der Waals surface area contributed by atoms with Crippen LogP contribution in [0.4, 0.5) is 17.6 Å². The Bertz CT molecular complexity index is 1340. The van der Waals surface area contributed by atoms with E-state index in [1.54, 1.807) is 0 Å². The summed E-state index contributed by atoms with van der Waals surface area (Å²) in [5.74, 6) is 1.80. The van der Waals surface area contributed by atoms with Gasteiger partial charge in [-0.2, -0.15) is 19.6 Å². The number of nitrogens with one attached hydrogen (secondary N) is 1. The summed E-state index contributed by atoms with van der Waals surface area (Å²) < 4.78 is 1.85. The Balaban J connectivity index is 1.30. The van der Waals surface area contributed by atoms with E-state index in [-0.39, 0.29) is 6.04 Å². The Labute approximate surface area is 212 Å². The van der Waals surface area contributed by atoms with Crippen molar-refractivity contribution >= 4 is 23.2 Å². The zero-order chi connectivity index (χ0) is 24.6. The Morgan fingerprint density at radius 2 is 1.64 bits per heavy atom. The number of fused-ring (bicyclic) bond motifs is 2. The number of hydrogen-bond acceptors (Lipinski definition) is 7. The minimum atomic E-state index is 0.261. The van der Waals surface area contributed by atoms with Gasteiger partial charge in [-0.25, -0.2) is 0 Å². The molecule has 4 aromatic rings. The summed E-state index contributed by atoms with van der Waals surface area (Å²) in [6, 6.07) is 17.6. The number of benzene rings is 2. The van der Waals surface area contributed by atoms with E-state index in [1.807, 2.05) is 10.7 Å². The topological polar surface area (TPSA) is 87.6 Å². The van der Waals surface area contributed by atoms with Crippen molar-refractivity contribution < 1.29 is 0 Å². The maximum absolute atomic E-state index is 6.15. The minimum Gasteiger partial charge on any atom is -0.363 e. The van der Waals surface area contributed by atoms with Crippen LogP contribution in [0.5, 0.6) is 0 Å². The van der Waals surface area contributed by atoms with Crippen molar-refractivity contribution in [3.05, 3.63) is 77.0 Å². The second-order valence-corrected chi connectivity index (χ2v) is 10.3. The number of hydrogen-bond donors (Lipinski definition) is 2. The van der Waals surface area contributed by atoms with Crippen molar-refractivity contribution in [2.75, 3.05) is 28.2 Å². The summed E-state index contributed by atoms with van der Waals surface area (Å²) in [6.45, 7) is 8.62. The summed E-state index contributed by atoms with van der Waals surface area (Å²) in [5.41, 5.74) is 13.4. The molecule has 36 heavy (non-hydrogen) atoms. The van der Waals surface area contributed by atoms with Crippen LogP contribution in [0.1, 0.15) is 54.9 Å². The SMILES string of the molecule is CC(C)c1cnn2c(NCc3ccccc3N3Cc4ccccc4C3)nc(N3CCC(N)CC3)nc12. The van der Waals surface area contributed by atoms with E-state index < -0.39 is 0 Å². The molecule has 0 spiro atoms. The summed E-state index contributed by atoms with van der Waals surface area (Å²) in [4.78, 5) is 14.6. The minimum absolute atomic E-state index is 0.261. The quantitative estimate of drug-likeness (QED) is 0.423. The predicted octanol–water partition coefficient (Wildman–Crippen LogP) is 4.31. The predicted molar refractivity (Wildman–Crippen MR) is 144 cm³/mol. The smallest absolute Gasteiger partial charge is 0.230 e. The molecule has 0 unspecified atom stereocenters. The first kappa shape index (κ1) is 22.8. The number of nitrogens with zero attached hydrogens (tertiary/aromatic N) is 6. The number of nitrogens with two attached hydrogens (primary N) is 1. The maximum atomic E-state index is 6.15. The van der Waals surface area contributed by atoms with Crippen molar-refractivity contribution in [1.29, 1.82) is 0 Å². The van der Waals surface area contributed by atoms with Gasteiger partial charge in [-0.1, -0.05) is 56.3 Å². The van der Waals surface area contributed by atoms with Gasteiger partial charge in [0, 0.05) is 50.0 Å². The molecule has 4 heterocycles. The Kier molecular flexibility index (Phi) is 5.97. The molecule has 6 rings (SSSR count). The van der Waals surface area contributed by atoms with E-state index in [2.05, 4.69) is 82.6 Å². The number of piperidine rings is 1. The lowest BCUT2D eigenvalue weighted by molar-refractivity contribution is 0.495. The largest absolute Gasteiger partial charge is 0.363 e. The molecule has 2 aliphatic heterocycles. The first-order valence-corrected chi connectivity index (χ1v) is 13.0. The molecular weight excluding hydrogens is 448 g/mol. The van der Waals surface area contributed by atoms with Crippen LogP contribution in [-0.2, 0) is 19.6 Å². The van der Waals surface area contributed by atoms with Gasteiger partial charge in [0.2, 0.25) is 11.9 Å². The van der Waals surface area contributed by atoms with Gasteiger partial charge in [-0.3, -0.25) is 0 Å². The third kappa shape index (κ3) is 4.26. The molecule has 0 saturated carbocycles. The Morgan fingerprint density at radius 1 is 0.944 bits per heavy atom. The van der Waals surface area contributed by atoms with Gasteiger partial charge in [0.1, 0.15) is 0 Å². The van der Waals surface area contributed by atoms with Crippen LogP contribution in [0.2, 0.25) is 0 Å². The number of anilines is 3. The van der Waals surface area contributed by atoms with Gasteiger partial charge in [-0.05, 0) is 41.5 Å². The van der Waals surface area contributed by atoms with E-state index in [1.165, 1.54) is 22.4 Å². The molecule has 0 amide bonds. The fourth-order valence-electron chi connectivity index (χ4n) is 5.29. The van der Waals surface area contributed by atoms with Crippen LogP contribution in [-0.4, -0.2) is 38.7 Å². The van der Waals surface area contributed by atoms with Gasteiger partial charge in [0.05, 0.1) is 6.20 Å². The fourth-order valence-corrected chi connectivity index (χ4v) is 5.29. The standard InChI is InChI=1S/C28H34N8/c1-19(2)24-16-31-36-26(24)32-28(34-13-11-23(29)12-14-34)33-27(36)30-15-20-7-5-6-10-25(20)35-17-21-8-3-4-9-22(21)18-35/h3-10,16,19,23H,11-15,17-18,29H2,1-2H3,(H,30,32,33). The Hall–Kier alpha value is -3.65. The van der Waals surface area contributed by atoms with Crippen LogP contribution in [0.15, 0.2) is 54.7 Å². The molecule has 8 heteroatoms. The molecule has 0 aliphatic carbocycles. The van der Waals surface area contributed by atoms with Crippen molar-refractivity contribution in [2.45, 2.75) is 58.3 Å². The average molecular weight is 483 g/mol. The van der Waals surface area contributed by atoms with Crippen LogP contribution < -0.4 is 20.9 Å². The van der Waals surface area contributed by atoms with E-state index in [0.29, 0.717) is 12.5 Å². The molecule has 3 N–H and O–H groups in total. The van der Waals surface area contributed by atoms with Gasteiger partial charge in [0.25, 0.3) is 0 Å². The molecule has 1 saturated heterocycles. The highest BCUT2D eigenvalue weighted by molar-refractivity contribution is 5.59. The van der Waals surface area contributed by atoms with Crippen molar-refractivity contribution in [3.63, 3.8) is 0 Å². The first-order valence-electron chi connectivity index (χ1n) is 13.0. The zero-order valence-corrected chi connectivity index (χ0v) is 21.1. The summed E-state index contributed by atoms with van der Waals surface area (Å²) >= 11 is 0. The van der Waals surface area contributed by atoms with Crippen LogP contribution in [0.3, 0.4) is 0 Å². The molecular formula is C28H34N8. The monoisotopic (exact) mass is 482 g/mol. The first-order chi connectivity index (χ1) is 17.6. The average Bonchev–Trinajstić information content (AvgIpc) is 3.52. The summed E-state index contributed by atoms with van der Waals surface area (Å²) in [6.07, 6.45) is 3.84. The van der Waals surface area contributed by atoms with Crippen molar-refractivity contribution in [3.8, 4) is 0 Å². The highest BCUT2D eigenvalue weighted by atomic mass is 15.4. The van der Waals surface area contributed by atoms with Gasteiger partial charge >= 0.3 is 0 Å². The van der Waals surface area contributed by atoms with Crippen LogP contribution in [0.25, 0.3) is 5.65 Å². The molecule has 1 fully saturated rings. The summed E-state index contributed by atoms with van der Waals surface area (Å²) in [5, 5.41) is 8.26. The van der Waals surface area contributed by atoms with E-state index in [4.69, 9.17) is 15.7 Å². The highest BCUT2D eigenvalue weighted by Crippen LogP contribution is 2.31. The lowest BCUT2D eigenvalue weighted by Gasteiger charge is -2.30. The second-order valence-electron chi connectivity index (χ2n) is 10.3. The second kappa shape index (κ2) is 9.43. The molecule has 186 valence electrons. The van der Waals surface area contributed by atoms with E-state index in [0.717, 1.165) is 62.1 Å². The molecule has 8 nitrogen and oxygen atoms in total. The lowest BCUT2D eigenvalue weighted by atomic mass is 10.1.